The largest absolute Gasteiger partial charge is 0.450 e. The van der Waals surface area contributed by atoms with Gasteiger partial charge in [0.15, 0.2) is 0 Å². The molecule has 0 saturated carbocycles. The van der Waals surface area contributed by atoms with Crippen molar-refractivity contribution in [1.82, 2.24) is 0 Å². The van der Waals surface area contributed by atoms with E-state index in [1.807, 2.05) is 0 Å². The number of hydrogen-bond acceptors (Lipinski definition) is 2. The number of carbonyl (C=O) groups is 1. The minimum absolute atomic E-state index is 0.184. The molecule has 0 aromatic heterocycles. The Balaban J connectivity index is 3.33. The average Bonchev–Trinajstić information content (AvgIpc) is 1.67. The van der Waals surface area contributed by atoms with Crippen molar-refractivity contribution in [2.45, 2.75) is 6.43 Å². The summed E-state index contributed by atoms with van der Waals surface area (Å²) in [4.78, 5) is 9.74. The smallest absolute Gasteiger partial charge is 0.374 e. The molecule has 0 saturated heterocycles. The molecule has 0 radical (unpaired) electrons. The van der Waals surface area contributed by atoms with Crippen LogP contribution in [0.5, 0.6) is 0 Å². The maximum Gasteiger partial charge on any atom is 0.374 e. The summed E-state index contributed by atoms with van der Waals surface area (Å²) in [6.45, 7) is 0. The number of alkyl halides is 3. The van der Waals surface area contributed by atoms with Crippen LogP contribution in [0.4, 0.5) is 8.78 Å². The van der Waals surface area contributed by atoms with E-state index in [1.54, 1.807) is 0 Å². The SMILES string of the molecule is O=C(OCBr)C(F)F. The molecule has 0 atom stereocenters. The van der Waals surface area contributed by atoms with Gasteiger partial charge in [0, 0.05) is 0 Å². The molecule has 0 aliphatic carbocycles. The Labute approximate surface area is 52.9 Å². The van der Waals surface area contributed by atoms with Crippen LogP contribution in [0.2, 0.25) is 0 Å². The van der Waals surface area contributed by atoms with E-state index in [4.69, 9.17) is 0 Å². The van der Waals surface area contributed by atoms with E-state index in [0.717, 1.165) is 0 Å². The van der Waals surface area contributed by atoms with E-state index in [0.29, 0.717) is 0 Å². The van der Waals surface area contributed by atoms with Gasteiger partial charge in [0.1, 0.15) is 5.52 Å². The van der Waals surface area contributed by atoms with Crippen LogP contribution in [0.15, 0.2) is 0 Å². The summed E-state index contributed by atoms with van der Waals surface area (Å²) >= 11 is 2.64. The van der Waals surface area contributed by atoms with Gasteiger partial charge in [-0.1, -0.05) is 0 Å². The van der Waals surface area contributed by atoms with Crippen LogP contribution in [0, 0.1) is 0 Å². The first-order chi connectivity index (χ1) is 3.68. The Morgan fingerprint density at radius 1 is 1.75 bits per heavy atom. The minimum atomic E-state index is -3.02. The maximum absolute atomic E-state index is 11.1. The Bertz CT molecular complexity index is 85.4. The normalized spacial score (nSPS) is 9.50. The Hall–Kier alpha value is -0.190. The Morgan fingerprint density at radius 3 is 2.38 bits per heavy atom. The summed E-state index contributed by atoms with van der Waals surface area (Å²) in [5, 5.41) is 0. The minimum Gasteiger partial charge on any atom is -0.450 e. The molecule has 5 heteroatoms. The summed E-state index contributed by atoms with van der Waals surface area (Å²) in [7, 11) is 0. The highest BCUT2D eigenvalue weighted by Crippen LogP contribution is 1.96. The van der Waals surface area contributed by atoms with Crippen LogP contribution in [0.3, 0.4) is 0 Å². The van der Waals surface area contributed by atoms with Gasteiger partial charge >= 0.3 is 12.4 Å². The molecule has 0 aliphatic rings. The van der Waals surface area contributed by atoms with Crippen LogP contribution in [0.25, 0.3) is 0 Å². The third-order valence-corrected chi connectivity index (χ3v) is 0.604. The fourth-order valence-electron chi connectivity index (χ4n) is 0.117. The molecule has 0 aliphatic heterocycles. The summed E-state index contributed by atoms with van der Waals surface area (Å²) in [5.41, 5.74) is -0.184. The van der Waals surface area contributed by atoms with E-state index in [-0.39, 0.29) is 5.52 Å². The molecule has 0 spiro atoms. The molecule has 0 heterocycles. The molecular formula is C3H3BrF2O2. The summed E-state index contributed by atoms with van der Waals surface area (Å²) in [6.07, 6.45) is -3.02. The predicted octanol–water partition coefficient (Wildman–Crippen LogP) is 1.15. The zero-order valence-electron chi connectivity index (χ0n) is 3.73. The van der Waals surface area contributed by atoms with Crippen LogP contribution in [-0.2, 0) is 9.53 Å². The molecule has 0 rings (SSSR count). The average molecular weight is 189 g/mol. The fourth-order valence-corrected chi connectivity index (χ4v) is 0.342. The van der Waals surface area contributed by atoms with Gasteiger partial charge in [-0.05, 0) is 15.9 Å². The van der Waals surface area contributed by atoms with Gasteiger partial charge in [0.2, 0.25) is 0 Å². The maximum atomic E-state index is 11.1. The van der Waals surface area contributed by atoms with E-state index in [9.17, 15) is 13.6 Å². The Morgan fingerprint density at radius 2 is 2.25 bits per heavy atom. The quantitative estimate of drug-likeness (QED) is 0.481. The standard InChI is InChI=1S/C3H3BrF2O2/c4-1-8-3(7)2(5)6/h2H,1H2. The van der Waals surface area contributed by atoms with Crippen molar-refractivity contribution in [3.63, 3.8) is 0 Å². The molecule has 0 amide bonds. The predicted molar refractivity (Wildman–Crippen MR) is 25.9 cm³/mol. The highest BCUT2D eigenvalue weighted by Gasteiger charge is 2.15. The highest BCUT2D eigenvalue weighted by molar-refractivity contribution is 9.09. The summed E-state index contributed by atoms with van der Waals surface area (Å²) in [5.74, 6) is -1.50. The van der Waals surface area contributed by atoms with E-state index >= 15 is 0 Å². The lowest BCUT2D eigenvalue weighted by molar-refractivity contribution is -0.153. The van der Waals surface area contributed by atoms with Gasteiger partial charge in [-0.15, -0.1) is 0 Å². The number of rotatable bonds is 2. The van der Waals surface area contributed by atoms with Crippen molar-refractivity contribution in [2.24, 2.45) is 0 Å². The van der Waals surface area contributed by atoms with E-state index < -0.39 is 12.4 Å². The molecular weight excluding hydrogens is 186 g/mol. The van der Waals surface area contributed by atoms with Crippen LogP contribution in [0.1, 0.15) is 0 Å². The zero-order valence-corrected chi connectivity index (χ0v) is 5.32. The summed E-state index contributed by atoms with van der Waals surface area (Å²) < 4.78 is 26.1. The molecule has 0 aromatic rings. The van der Waals surface area contributed by atoms with Crippen LogP contribution in [-0.4, -0.2) is 17.9 Å². The van der Waals surface area contributed by atoms with Crippen molar-refractivity contribution in [3.8, 4) is 0 Å². The van der Waals surface area contributed by atoms with Crippen molar-refractivity contribution in [1.29, 1.82) is 0 Å². The second-order valence-electron chi connectivity index (χ2n) is 0.873. The molecule has 0 N–H and O–H groups in total. The lowest BCUT2D eigenvalue weighted by Gasteiger charge is -1.95. The lowest BCUT2D eigenvalue weighted by Crippen LogP contribution is -2.12. The first-order valence-electron chi connectivity index (χ1n) is 1.69. The first-order valence-corrected chi connectivity index (χ1v) is 2.81. The second kappa shape index (κ2) is 3.77. The monoisotopic (exact) mass is 188 g/mol. The number of halogens is 3. The topological polar surface area (TPSA) is 26.3 Å². The number of esters is 1. The molecule has 48 valence electrons. The van der Waals surface area contributed by atoms with Crippen LogP contribution < -0.4 is 0 Å². The van der Waals surface area contributed by atoms with E-state index in [2.05, 4.69) is 20.7 Å². The molecule has 0 unspecified atom stereocenters. The van der Waals surface area contributed by atoms with Gasteiger partial charge in [0.25, 0.3) is 0 Å². The van der Waals surface area contributed by atoms with Gasteiger partial charge in [0.05, 0.1) is 0 Å². The fraction of sp³-hybridized carbons (Fsp3) is 0.667. The Kier molecular flexibility index (Phi) is 3.68. The van der Waals surface area contributed by atoms with Gasteiger partial charge in [-0.25, -0.2) is 4.79 Å². The van der Waals surface area contributed by atoms with Gasteiger partial charge in [-0.3, -0.25) is 0 Å². The van der Waals surface area contributed by atoms with E-state index in [1.165, 1.54) is 0 Å². The van der Waals surface area contributed by atoms with Crippen molar-refractivity contribution >= 4 is 21.9 Å². The first kappa shape index (κ1) is 7.81. The molecule has 8 heavy (non-hydrogen) atoms. The molecule has 0 aromatic carbocycles. The van der Waals surface area contributed by atoms with Crippen LogP contribution >= 0.6 is 15.9 Å². The lowest BCUT2D eigenvalue weighted by atomic mass is 10.7. The third kappa shape index (κ3) is 2.90. The number of ether oxygens (including phenoxy) is 1. The van der Waals surface area contributed by atoms with Gasteiger partial charge in [-0.2, -0.15) is 8.78 Å². The third-order valence-electron chi connectivity index (χ3n) is 0.375. The second-order valence-corrected chi connectivity index (χ2v) is 1.33. The zero-order chi connectivity index (χ0) is 6.57. The van der Waals surface area contributed by atoms with Crippen molar-refractivity contribution in [3.05, 3.63) is 0 Å². The highest BCUT2D eigenvalue weighted by atomic mass is 79.9. The molecule has 0 bridgehead atoms. The summed E-state index contributed by atoms with van der Waals surface area (Å²) in [6, 6.07) is 0. The number of carbonyl (C=O) groups excluding carboxylic acids is 1. The van der Waals surface area contributed by atoms with Crippen molar-refractivity contribution < 1.29 is 18.3 Å². The van der Waals surface area contributed by atoms with Crippen molar-refractivity contribution in [2.75, 3.05) is 5.52 Å². The molecule has 2 nitrogen and oxygen atoms in total. The molecule has 0 fully saturated rings. The van der Waals surface area contributed by atoms with Gasteiger partial charge < -0.3 is 4.74 Å². The number of hydrogen-bond donors (Lipinski definition) is 0.